The molecule has 5 heteroatoms. The van der Waals surface area contributed by atoms with Gasteiger partial charge in [0.15, 0.2) is 0 Å². The van der Waals surface area contributed by atoms with Gasteiger partial charge in [-0.05, 0) is 31.9 Å². The molecule has 1 fully saturated rings. The van der Waals surface area contributed by atoms with E-state index < -0.39 is 5.97 Å². The first kappa shape index (κ1) is 14.5. The van der Waals surface area contributed by atoms with E-state index in [0.29, 0.717) is 18.0 Å². The molecule has 0 aromatic carbocycles. The first-order valence-electron chi connectivity index (χ1n) is 7.16. The summed E-state index contributed by atoms with van der Waals surface area (Å²) in [5.41, 5.74) is 0.622. The number of aromatic nitrogens is 1. The number of nitrogens with one attached hydrogen (secondary N) is 2. The highest BCUT2D eigenvalue weighted by atomic mass is 16.5. The molecule has 0 atom stereocenters. The highest BCUT2D eigenvalue weighted by Crippen LogP contribution is 2.24. The molecule has 2 N–H and O–H groups in total. The molecular formula is C15H21N3O2. The van der Waals surface area contributed by atoms with E-state index in [1.165, 1.54) is 11.0 Å². The molecule has 20 heavy (non-hydrogen) atoms. The van der Waals surface area contributed by atoms with Crippen molar-refractivity contribution in [3.05, 3.63) is 29.4 Å². The molecule has 1 saturated carbocycles. The normalized spacial score (nSPS) is 15.8. The van der Waals surface area contributed by atoms with Crippen LogP contribution < -0.4 is 5.49 Å². The van der Waals surface area contributed by atoms with Gasteiger partial charge in [0.1, 0.15) is 11.3 Å². The summed E-state index contributed by atoms with van der Waals surface area (Å²) in [6, 6.07) is 3.12. The zero-order valence-electron chi connectivity index (χ0n) is 11.8. The van der Waals surface area contributed by atoms with Crippen molar-refractivity contribution in [2.75, 3.05) is 6.61 Å². The van der Waals surface area contributed by atoms with E-state index >= 15 is 0 Å². The first-order valence-corrected chi connectivity index (χ1v) is 7.16. The number of esters is 1. The van der Waals surface area contributed by atoms with Crippen LogP contribution in [0.4, 0.5) is 0 Å². The second-order valence-corrected chi connectivity index (χ2v) is 5.11. The maximum atomic E-state index is 11.7. The van der Waals surface area contributed by atoms with E-state index in [9.17, 15) is 4.79 Å². The van der Waals surface area contributed by atoms with Gasteiger partial charge in [0.2, 0.25) is 0 Å². The maximum absolute atomic E-state index is 11.7. The molecule has 0 aliphatic heterocycles. The summed E-state index contributed by atoms with van der Waals surface area (Å²) >= 11 is 0. The Balaban J connectivity index is 2.25. The Labute approximate surface area is 118 Å². The maximum Gasteiger partial charge on any atom is 0.339 e. The zero-order chi connectivity index (χ0) is 14.5. The second kappa shape index (κ2) is 6.50. The van der Waals surface area contributed by atoms with E-state index in [1.54, 1.807) is 25.3 Å². The summed E-state index contributed by atoms with van der Waals surface area (Å²) in [5.74, 6) is 0.203. The smallest absolute Gasteiger partial charge is 0.339 e. The SMILES string of the molecule is CCOC(=O)c1ccc(=N)n(C(=N)C2CCCCC2)c1. The Hall–Kier alpha value is -1.91. The van der Waals surface area contributed by atoms with Crippen LogP contribution in [0.3, 0.4) is 0 Å². The van der Waals surface area contributed by atoms with Gasteiger partial charge in [-0.2, -0.15) is 0 Å². The van der Waals surface area contributed by atoms with Crippen molar-refractivity contribution >= 4 is 11.8 Å². The Bertz CT molecular complexity index is 556. The fraction of sp³-hybridized carbons (Fsp3) is 0.533. The van der Waals surface area contributed by atoms with Gasteiger partial charge >= 0.3 is 5.97 Å². The van der Waals surface area contributed by atoms with Crippen molar-refractivity contribution in [3.8, 4) is 0 Å². The Morgan fingerprint density at radius 2 is 2.05 bits per heavy atom. The molecule has 0 spiro atoms. The number of hydrogen-bond donors (Lipinski definition) is 2. The fourth-order valence-electron chi connectivity index (χ4n) is 2.61. The number of nitrogens with zero attached hydrogens (tertiary/aromatic N) is 1. The summed E-state index contributed by atoms with van der Waals surface area (Å²) in [7, 11) is 0. The van der Waals surface area contributed by atoms with Crippen LogP contribution in [0.15, 0.2) is 18.3 Å². The zero-order valence-corrected chi connectivity index (χ0v) is 11.8. The third-order valence-electron chi connectivity index (χ3n) is 3.71. The molecule has 108 valence electrons. The Morgan fingerprint density at radius 1 is 1.35 bits per heavy atom. The van der Waals surface area contributed by atoms with Gasteiger partial charge in [-0.1, -0.05) is 19.3 Å². The molecule has 1 aromatic heterocycles. The first-order chi connectivity index (χ1) is 9.63. The van der Waals surface area contributed by atoms with Gasteiger partial charge in [0, 0.05) is 12.1 Å². The molecule has 1 aliphatic carbocycles. The molecule has 0 amide bonds. The number of carbonyl (C=O) groups excluding carboxylic acids is 1. The van der Waals surface area contributed by atoms with Crippen LogP contribution in [-0.2, 0) is 4.74 Å². The summed E-state index contributed by atoms with van der Waals surface area (Å²) < 4.78 is 6.47. The number of ether oxygens (including phenoxy) is 1. The molecule has 1 aliphatic rings. The number of carbonyl (C=O) groups is 1. The Morgan fingerprint density at radius 3 is 2.70 bits per heavy atom. The summed E-state index contributed by atoms with van der Waals surface area (Å²) in [6.07, 6.45) is 7.04. The number of hydrogen-bond acceptors (Lipinski definition) is 4. The van der Waals surface area contributed by atoms with Crippen molar-refractivity contribution in [1.82, 2.24) is 4.57 Å². The van der Waals surface area contributed by atoms with Gasteiger partial charge < -0.3 is 4.74 Å². The molecule has 2 rings (SSSR count). The van der Waals surface area contributed by atoms with Gasteiger partial charge in [-0.25, -0.2) is 4.79 Å². The molecular weight excluding hydrogens is 254 g/mol. The highest BCUT2D eigenvalue weighted by molar-refractivity contribution is 5.91. The topological polar surface area (TPSA) is 78.9 Å². The van der Waals surface area contributed by atoms with Crippen molar-refractivity contribution in [2.24, 2.45) is 5.92 Å². The molecule has 0 radical (unpaired) electrons. The number of rotatable bonds is 3. The lowest BCUT2D eigenvalue weighted by molar-refractivity contribution is 0.0525. The van der Waals surface area contributed by atoms with Crippen molar-refractivity contribution in [1.29, 1.82) is 10.8 Å². The monoisotopic (exact) mass is 275 g/mol. The summed E-state index contributed by atoms with van der Waals surface area (Å²) in [4.78, 5) is 11.7. The molecule has 0 bridgehead atoms. The lowest BCUT2D eigenvalue weighted by atomic mass is 9.88. The van der Waals surface area contributed by atoms with Gasteiger partial charge in [-0.15, -0.1) is 0 Å². The third-order valence-corrected chi connectivity index (χ3v) is 3.71. The van der Waals surface area contributed by atoms with Crippen LogP contribution in [-0.4, -0.2) is 23.0 Å². The van der Waals surface area contributed by atoms with Gasteiger partial charge in [0.25, 0.3) is 0 Å². The summed E-state index contributed by atoms with van der Waals surface area (Å²) in [5, 5.41) is 16.2. The van der Waals surface area contributed by atoms with E-state index in [4.69, 9.17) is 15.6 Å². The molecule has 0 saturated heterocycles. The second-order valence-electron chi connectivity index (χ2n) is 5.11. The van der Waals surface area contributed by atoms with Crippen LogP contribution in [0.1, 0.15) is 49.4 Å². The third kappa shape index (κ3) is 3.15. The standard InChI is InChI=1S/C15H21N3O2/c1-2-20-15(19)12-8-9-13(16)18(10-12)14(17)11-6-4-3-5-7-11/h8-11,16-17H,2-7H2,1H3. The average Bonchev–Trinajstić information content (AvgIpc) is 2.48. The number of pyridine rings is 1. The van der Waals surface area contributed by atoms with Crippen molar-refractivity contribution < 1.29 is 9.53 Å². The van der Waals surface area contributed by atoms with E-state index in [1.807, 2.05) is 0 Å². The van der Waals surface area contributed by atoms with Crippen LogP contribution in [0.25, 0.3) is 0 Å². The minimum absolute atomic E-state index is 0.190. The van der Waals surface area contributed by atoms with E-state index in [2.05, 4.69) is 0 Å². The minimum atomic E-state index is -0.405. The largest absolute Gasteiger partial charge is 0.462 e. The van der Waals surface area contributed by atoms with E-state index in [0.717, 1.165) is 25.7 Å². The predicted molar refractivity (Wildman–Crippen MR) is 75.9 cm³/mol. The highest BCUT2D eigenvalue weighted by Gasteiger charge is 2.20. The van der Waals surface area contributed by atoms with Gasteiger partial charge in [0.05, 0.1) is 12.2 Å². The van der Waals surface area contributed by atoms with Crippen LogP contribution in [0.5, 0.6) is 0 Å². The lowest BCUT2D eigenvalue weighted by Gasteiger charge is -2.23. The van der Waals surface area contributed by atoms with Gasteiger partial charge in [-0.3, -0.25) is 15.4 Å². The molecule has 0 unspecified atom stereocenters. The van der Waals surface area contributed by atoms with Crippen LogP contribution in [0, 0.1) is 16.7 Å². The van der Waals surface area contributed by atoms with Crippen LogP contribution >= 0.6 is 0 Å². The minimum Gasteiger partial charge on any atom is -0.462 e. The summed E-state index contributed by atoms with van der Waals surface area (Å²) in [6.45, 7) is 2.08. The predicted octanol–water partition coefficient (Wildman–Crippen LogP) is 2.55. The Kier molecular flexibility index (Phi) is 4.71. The van der Waals surface area contributed by atoms with E-state index in [-0.39, 0.29) is 11.4 Å². The van der Waals surface area contributed by atoms with Crippen molar-refractivity contribution in [3.63, 3.8) is 0 Å². The average molecular weight is 275 g/mol. The lowest BCUT2D eigenvalue weighted by Crippen LogP contribution is -2.33. The quantitative estimate of drug-likeness (QED) is 0.505. The molecule has 5 nitrogen and oxygen atoms in total. The molecule has 1 heterocycles. The molecule has 1 aromatic rings. The fourth-order valence-corrected chi connectivity index (χ4v) is 2.61. The van der Waals surface area contributed by atoms with Crippen molar-refractivity contribution in [2.45, 2.75) is 39.0 Å². The van der Waals surface area contributed by atoms with Crippen LogP contribution in [0.2, 0.25) is 0 Å².